The number of rotatable bonds is 11. The van der Waals surface area contributed by atoms with E-state index in [9.17, 15) is 24.4 Å². The van der Waals surface area contributed by atoms with Crippen molar-refractivity contribution in [3.8, 4) is 5.75 Å². The summed E-state index contributed by atoms with van der Waals surface area (Å²) in [5.41, 5.74) is -1.57. The smallest absolute Gasteiger partial charge is 0.459 e. The van der Waals surface area contributed by atoms with Crippen LogP contribution in [0.4, 0.5) is 0 Å². The van der Waals surface area contributed by atoms with Crippen LogP contribution in [0.2, 0.25) is 5.02 Å². The molecule has 12 nitrogen and oxygen atoms in total. The molecule has 6 atom stereocenters. The quantitative estimate of drug-likeness (QED) is 0.140. The highest BCUT2D eigenvalue weighted by molar-refractivity contribution is 7.71. The van der Waals surface area contributed by atoms with Gasteiger partial charge in [-0.1, -0.05) is 41.9 Å². The van der Waals surface area contributed by atoms with Crippen molar-refractivity contribution in [3.05, 3.63) is 92.6 Å². The third kappa shape index (κ3) is 7.70. The second kappa shape index (κ2) is 13.0. The van der Waals surface area contributed by atoms with Gasteiger partial charge in [0.1, 0.15) is 36.2 Å². The van der Waals surface area contributed by atoms with Crippen LogP contribution in [0.5, 0.6) is 5.75 Å². The standard InChI is InChI=1S/C26H29ClN3O9PS/c1-16(23(33)36-14-17-6-4-3-5-7-17)29-40(35,39-19-10-8-18(27)9-11-19)37-15-20-22(32)26(2,34)24(38-20)30-13-12-21(31)28-25(30)41/h3-13,16,20,22,24,32,34H,14-15H2,1-2H3,(H,29,35)(H,28,31,41)/t16-,20+,22-,24+,26?,40-/m0/s1. The van der Waals surface area contributed by atoms with E-state index in [1.165, 1.54) is 54.9 Å². The Morgan fingerprint density at radius 2 is 1.93 bits per heavy atom. The third-order valence-corrected chi connectivity index (χ3v) is 8.44. The van der Waals surface area contributed by atoms with E-state index in [1.54, 1.807) is 24.3 Å². The van der Waals surface area contributed by atoms with Crippen molar-refractivity contribution in [2.45, 2.75) is 50.5 Å². The average molecular weight is 626 g/mol. The molecule has 1 aliphatic heterocycles. The van der Waals surface area contributed by atoms with Crippen molar-refractivity contribution in [1.82, 2.24) is 14.6 Å². The molecule has 4 rings (SSSR count). The largest absolute Gasteiger partial charge is 0.460 e. The number of halogens is 1. The van der Waals surface area contributed by atoms with Gasteiger partial charge < -0.3 is 24.2 Å². The van der Waals surface area contributed by atoms with Gasteiger partial charge in [0.05, 0.1) is 6.61 Å². The number of H-pyrrole nitrogens is 1. The summed E-state index contributed by atoms with van der Waals surface area (Å²) in [7, 11) is -4.33. The van der Waals surface area contributed by atoms with Crippen molar-refractivity contribution < 1.29 is 38.1 Å². The zero-order chi connectivity index (χ0) is 29.8. The lowest BCUT2D eigenvalue weighted by atomic mass is 9.96. The van der Waals surface area contributed by atoms with Crippen molar-refractivity contribution in [3.63, 3.8) is 0 Å². The molecule has 1 unspecified atom stereocenters. The first-order chi connectivity index (χ1) is 19.4. The fourth-order valence-electron chi connectivity index (χ4n) is 4.03. The molecule has 220 valence electrons. The molecule has 0 saturated carbocycles. The van der Waals surface area contributed by atoms with Crippen LogP contribution in [0.25, 0.3) is 0 Å². The zero-order valence-corrected chi connectivity index (χ0v) is 24.5. The second-order valence-corrected chi connectivity index (χ2v) is 12.0. The minimum atomic E-state index is -4.33. The minimum Gasteiger partial charge on any atom is -0.460 e. The van der Waals surface area contributed by atoms with Crippen LogP contribution in [-0.2, 0) is 30.0 Å². The van der Waals surface area contributed by atoms with Crippen LogP contribution >= 0.6 is 31.6 Å². The first-order valence-corrected chi connectivity index (χ1v) is 14.8. The van der Waals surface area contributed by atoms with E-state index >= 15 is 0 Å². The molecular weight excluding hydrogens is 597 g/mol. The maximum Gasteiger partial charge on any atom is 0.459 e. The summed E-state index contributed by atoms with van der Waals surface area (Å²) >= 11 is 11.1. The molecule has 2 aromatic carbocycles. The van der Waals surface area contributed by atoms with Gasteiger partial charge in [-0.15, -0.1) is 0 Å². The molecule has 0 spiro atoms. The Balaban J connectivity index is 1.49. The van der Waals surface area contributed by atoms with E-state index in [2.05, 4.69) is 10.1 Å². The van der Waals surface area contributed by atoms with E-state index in [1.807, 2.05) is 6.07 Å². The van der Waals surface area contributed by atoms with Crippen LogP contribution < -0.4 is 15.2 Å². The van der Waals surface area contributed by atoms with E-state index in [0.29, 0.717) is 5.02 Å². The normalized spacial score (nSPS) is 24.4. The highest BCUT2D eigenvalue weighted by Crippen LogP contribution is 2.47. The molecule has 0 amide bonds. The number of aromatic nitrogens is 2. The number of nitrogens with zero attached hydrogens (tertiary/aromatic N) is 1. The van der Waals surface area contributed by atoms with Gasteiger partial charge in [0, 0.05) is 17.3 Å². The first-order valence-electron chi connectivity index (χ1n) is 12.4. The monoisotopic (exact) mass is 625 g/mol. The highest BCUT2D eigenvalue weighted by Gasteiger charge is 2.53. The van der Waals surface area contributed by atoms with Crippen molar-refractivity contribution in [2.24, 2.45) is 0 Å². The summed E-state index contributed by atoms with van der Waals surface area (Å²) in [6.45, 7) is 2.21. The Bertz CT molecular complexity index is 1520. The summed E-state index contributed by atoms with van der Waals surface area (Å²) in [5.74, 6) is -0.600. The number of carbonyl (C=O) groups is 1. The molecule has 0 radical (unpaired) electrons. The van der Waals surface area contributed by atoms with Gasteiger partial charge in [-0.2, -0.15) is 5.09 Å². The number of ether oxygens (including phenoxy) is 2. The summed E-state index contributed by atoms with van der Waals surface area (Å²) in [5, 5.41) is 24.8. The SMILES string of the molecule is C[C@H](N[P@](=O)(OC[C@H]1O[C@@H](n2ccc(=O)[nH]c2=S)C(C)(O)[C@H]1O)Oc1ccc(Cl)cc1)C(=O)OCc1ccccc1. The lowest BCUT2D eigenvalue weighted by Gasteiger charge is -2.28. The van der Waals surface area contributed by atoms with Gasteiger partial charge in [-0.05, 0) is 55.9 Å². The van der Waals surface area contributed by atoms with Gasteiger partial charge >= 0.3 is 13.7 Å². The lowest BCUT2D eigenvalue weighted by Crippen LogP contribution is -2.45. The number of benzene rings is 2. The lowest BCUT2D eigenvalue weighted by molar-refractivity contribution is -0.146. The van der Waals surface area contributed by atoms with Crippen LogP contribution in [-0.4, -0.2) is 56.2 Å². The van der Waals surface area contributed by atoms with E-state index in [0.717, 1.165) is 5.56 Å². The van der Waals surface area contributed by atoms with Gasteiger partial charge in [-0.3, -0.25) is 23.7 Å². The van der Waals surface area contributed by atoms with Crippen molar-refractivity contribution in [2.75, 3.05) is 6.61 Å². The Hall–Kier alpha value is -2.87. The average Bonchev–Trinajstić information content (AvgIpc) is 3.16. The predicted molar refractivity (Wildman–Crippen MR) is 151 cm³/mol. The minimum absolute atomic E-state index is 0.000729. The van der Waals surface area contributed by atoms with E-state index in [-0.39, 0.29) is 17.1 Å². The van der Waals surface area contributed by atoms with Crippen LogP contribution in [0.15, 0.2) is 71.7 Å². The summed E-state index contributed by atoms with van der Waals surface area (Å²) in [6.07, 6.45) is -2.65. The molecular formula is C26H29ClN3O9PS. The second-order valence-electron chi connectivity index (χ2n) is 9.50. The van der Waals surface area contributed by atoms with Crippen LogP contribution in [0.3, 0.4) is 0 Å². The molecule has 41 heavy (non-hydrogen) atoms. The third-order valence-electron chi connectivity index (χ3n) is 6.24. The summed E-state index contributed by atoms with van der Waals surface area (Å²) in [6, 6.07) is 15.0. The Kier molecular flexibility index (Phi) is 9.83. The number of aliphatic hydroxyl groups excluding tert-OH is 1. The van der Waals surface area contributed by atoms with E-state index < -0.39 is 56.0 Å². The molecule has 4 N–H and O–H groups in total. The number of carbonyl (C=O) groups excluding carboxylic acids is 1. The number of aromatic amines is 1. The van der Waals surface area contributed by atoms with Crippen LogP contribution in [0, 0.1) is 4.77 Å². The molecule has 0 bridgehead atoms. The summed E-state index contributed by atoms with van der Waals surface area (Å²) < 4.78 is 37.5. The Morgan fingerprint density at radius 3 is 2.59 bits per heavy atom. The molecule has 3 aromatic rings. The highest BCUT2D eigenvalue weighted by atomic mass is 35.5. The molecule has 1 saturated heterocycles. The molecule has 15 heteroatoms. The Labute approximate surface area is 245 Å². The molecule has 1 aliphatic rings. The maximum atomic E-state index is 13.9. The number of hydrogen-bond acceptors (Lipinski definition) is 10. The molecule has 0 aliphatic carbocycles. The van der Waals surface area contributed by atoms with Gasteiger partial charge in [0.2, 0.25) is 0 Å². The molecule has 1 aromatic heterocycles. The number of hydrogen-bond donors (Lipinski definition) is 4. The summed E-state index contributed by atoms with van der Waals surface area (Å²) in [4.78, 5) is 26.7. The topological polar surface area (TPSA) is 161 Å². The number of nitrogens with one attached hydrogen (secondary N) is 2. The maximum absolute atomic E-state index is 13.9. The fraction of sp³-hybridized carbons (Fsp3) is 0.346. The molecule has 1 fully saturated rings. The Morgan fingerprint density at radius 1 is 1.24 bits per heavy atom. The van der Waals surface area contributed by atoms with Gasteiger partial charge in [0.15, 0.2) is 11.0 Å². The number of aliphatic hydroxyl groups is 2. The van der Waals surface area contributed by atoms with Crippen molar-refractivity contribution >= 4 is 37.5 Å². The predicted octanol–water partition coefficient (Wildman–Crippen LogP) is 3.49. The molecule has 2 heterocycles. The van der Waals surface area contributed by atoms with Crippen LogP contribution in [0.1, 0.15) is 25.6 Å². The first kappa shape index (κ1) is 31.1. The fourth-order valence-corrected chi connectivity index (χ4v) is 5.91. The van der Waals surface area contributed by atoms with E-state index in [4.69, 9.17) is 42.3 Å². The van der Waals surface area contributed by atoms with Gasteiger partial charge in [0.25, 0.3) is 5.56 Å². The zero-order valence-electron chi connectivity index (χ0n) is 22.0. The van der Waals surface area contributed by atoms with Crippen molar-refractivity contribution in [1.29, 1.82) is 0 Å². The number of esters is 1. The van der Waals surface area contributed by atoms with Gasteiger partial charge in [-0.25, -0.2) is 4.57 Å².